The molecule has 0 aromatic carbocycles. The van der Waals surface area contributed by atoms with Crippen molar-refractivity contribution in [3.63, 3.8) is 0 Å². The SMILES string of the molecule is CCN(CC)[Si](Cl)(N(CC)CC)[Si](Cl)(N(CC)CC)N(CC)CC. The maximum Gasteiger partial charge on any atom is 0.344 e. The molecule has 0 saturated heterocycles. The minimum absolute atomic E-state index is 0.951. The molecule has 146 valence electrons. The fraction of sp³-hybridized carbons (Fsp3) is 1.00. The van der Waals surface area contributed by atoms with Crippen molar-refractivity contribution in [2.24, 2.45) is 0 Å². The fourth-order valence-corrected chi connectivity index (χ4v) is 25.3. The number of halogens is 2. The van der Waals surface area contributed by atoms with Gasteiger partial charge >= 0.3 is 14.4 Å². The predicted octanol–water partition coefficient (Wildman–Crippen LogP) is 3.79. The van der Waals surface area contributed by atoms with Crippen LogP contribution in [0.25, 0.3) is 0 Å². The normalized spacial score (nSPS) is 13.8. The minimum Gasteiger partial charge on any atom is -0.300 e. The van der Waals surface area contributed by atoms with Gasteiger partial charge < -0.3 is 0 Å². The van der Waals surface area contributed by atoms with Crippen LogP contribution in [0.2, 0.25) is 0 Å². The lowest BCUT2D eigenvalue weighted by molar-refractivity contribution is 0.342. The van der Waals surface area contributed by atoms with E-state index in [1.54, 1.807) is 0 Å². The average Bonchev–Trinajstić information content (AvgIpc) is 2.58. The van der Waals surface area contributed by atoms with Gasteiger partial charge in [0.15, 0.2) is 0 Å². The highest BCUT2D eigenvalue weighted by Crippen LogP contribution is 2.38. The standard InChI is InChI=1S/C16H40Cl2N4Si2/c1-9-19(10-2)23(17,20(11-3)12-4)24(18,21(13-5)14-6)22(15-7)16-8/h9-16H2,1-8H3. The average molecular weight is 416 g/mol. The molecule has 0 fully saturated rings. The first-order valence-corrected chi connectivity index (χ1v) is 16.5. The highest BCUT2D eigenvalue weighted by molar-refractivity contribution is 7.68. The molecule has 0 aliphatic rings. The number of hydrogen-bond donors (Lipinski definition) is 0. The minimum atomic E-state index is -2.58. The summed E-state index contributed by atoms with van der Waals surface area (Å²) in [5, 5.41) is 0. The van der Waals surface area contributed by atoms with E-state index in [4.69, 9.17) is 22.2 Å². The second-order valence-electron chi connectivity index (χ2n) is 5.86. The van der Waals surface area contributed by atoms with Crippen molar-refractivity contribution in [3.8, 4) is 0 Å². The Kier molecular flexibility index (Phi) is 12.0. The van der Waals surface area contributed by atoms with Gasteiger partial charge in [0.1, 0.15) is 0 Å². The van der Waals surface area contributed by atoms with Crippen LogP contribution in [-0.2, 0) is 0 Å². The molecule has 0 rings (SSSR count). The summed E-state index contributed by atoms with van der Waals surface area (Å²) in [4.78, 5) is 0. The van der Waals surface area contributed by atoms with Crippen LogP contribution in [0.15, 0.2) is 0 Å². The molecule has 0 amide bonds. The Morgan fingerprint density at radius 1 is 0.417 bits per heavy atom. The van der Waals surface area contributed by atoms with Gasteiger partial charge in [-0.25, -0.2) is 0 Å². The molecule has 0 bridgehead atoms. The molecular weight excluding hydrogens is 375 g/mol. The van der Waals surface area contributed by atoms with Crippen LogP contribution < -0.4 is 0 Å². The molecule has 0 atom stereocenters. The van der Waals surface area contributed by atoms with E-state index in [0.717, 1.165) is 52.4 Å². The van der Waals surface area contributed by atoms with E-state index in [0.29, 0.717) is 0 Å². The molecular formula is C16H40Cl2N4Si2. The van der Waals surface area contributed by atoms with Gasteiger partial charge in [-0.15, -0.1) is 22.2 Å². The molecule has 0 N–H and O–H groups in total. The van der Waals surface area contributed by atoms with Crippen molar-refractivity contribution in [1.29, 1.82) is 0 Å². The third kappa shape index (κ3) is 4.39. The predicted molar refractivity (Wildman–Crippen MR) is 115 cm³/mol. The molecule has 0 unspecified atom stereocenters. The first-order chi connectivity index (χ1) is 11.3. The highest BCUT2D eigenvalue weighted by Gasteiger charge is 2.67. The van der Waals surface area contributed by atoms with Crippen molar-refractivity contribution in [1.82, 2.24) is 18.3 Å². The van der Waals surface area contributed by atoms with E-state index < -0.39 is 14.4 Å². The second-order valence-corrected chi connectivity index (χ2v) is 20.0. The first kappa shape index (κ1) is 24.9. The summed E-state index contributed by atoms with van der Waals surface area (Å²) in [6.45, 7) is 25.3. The lowest BCUT2D eigenvalue weighted by Crippen LogP contribution is -2.85. The van der Waals surface area contributed by atoms with Crippen LogP contribution in [0.1, 0.15) is 55.4 Å². The van der Waals surface area contributed by atoms with Crippen LogP contribution >= 0.6 is 22.2 Å². The molecule has 0 saturated carbocycles. The first-order valence-electron chi connectivity index (χ1n) is 9.71. The topological polar surface area (TPSA) is 13.0 Å². The zero-order valence-electron chi connectivity index (χ0n) is 17.2. The van der Waals surface area contributed by atoms with Crippen LogP contribution in [0, 0.1) is 0 Å². The van der Waals surface area contributed by atoms with Crippen molar-refractivity contribution < 1.29 is 0 Å². The lowest BCUT2D eigenvalue weighted by atomic mass is 10.7. The van der Waals surface area contributed by atoms with Gasteiger partial charge in [-0.3, -0.25) is 18.3 Å². The van der Waals surface area contributed by atoms with E-state index in [1.165, 1.54) is 0 Å². The van der Waals surface area contributed by atoms with Crippen molar-refractivity contribution in [2.45, 2.75) is 55.4 Å². The van der Waals surface area contributed by atoms with E-state index in [1.807, 2.05) is 0 Å². The summed E-state index contributed by atoms with van der Waals surface area (Å²) in [7, 11) is -5.15. The molecule has 0 aliphatic heterocycles. The Balaban J connectivity index is 6.55. The van der Waals surface area contributed by atoms with Crippen LogP contribution in [0.4, 0.5) is 0 Å². The molecule has 0 aliphatic carbocycles. The largest absolute Gasteiger partial charge is 0.344 e. The quantitative estimate of drug-likeness (QED) is 0.335. The summed E-state index contributed by atoms with van der Waals surface area (Å²) in [6.07, 6.45) is 0. The molecule has 0 spiro atoms. The fourth-order valence-electron chi connectivity index (χ4n) is 3.78. The maximum absolute atomic E-state index is 7.72. The van der Waals surface area contributed by atoms with Gasteiger partial charge in [-0.05, 0) is 52.4 Å². The molecule has 0 aromatic rings. The third-order valence-electron chi connectivity index (χ3n) is 5.13. The summed E-state index contributed by atoms with van der Waals surface area (Å²) in [5.41, 5.74) is 0. The number of hydrogen-bond acceptors (Lipinski definition) is 4. The van der Waals surface area contributed by atoms with E-state index >= 15 is 0 Å². The Morgan fingerprint density at radius 3 is 0.625 bits per heavy atom. The zero-order valence-corrected chi connectivity index (χ0v) is 20.7. The van der Waals surface area contributed by atoms with Crippen molar-refractivity contribution in [3.05, 3.63) is 0 Å². The van der Waals surface area contributed by atoms with Gasteiger partial charge in [0.2, 0.25) is 0 Å². The van der Waals surface area contributed by atoms with E-state index in [9.17, 15) is 0 Å². The Morgan fingerprint density at radius 2 is 0.542 bits per heavy atom. The molecule has 0 heterocycles. The zero-order chi connectivity index (χ0) is 19.0. The molecule has 0 radical (unpaired) electrons. The molecule has 0 aromatic heterocycles. The van der Waals surface area contributed by atoms with Gasteiger partial charge in [0, 0.05) is 0 Å². The maximum atomic E-state index is 7.72. The van der Waals surface area contributed by atoms with Gasteiger partial charge in [0.05, 0.1) is 0 Å². The monoisotopic (exact) mass is 414 g/mol. The van der Waals surface area contributed by atoms with Gasteiger partial charge in [-0.2, -0.15) is 0 Å². The summed E-state index contributed by atoms with van der Waals surface area (Å²) in [5.74, 6) is 0. The van der Waals surface area contributed by atoms with E-state index in [-0.39, 0.29) is 0 Å². The third-order valence-corrected chi connectivity index (χ3v) is 26.5. The van der Waals surface area contributed by atoms with Crippen LogP contribution in [0.3, 0.4) is 0 Å². The van der Waals surface area contributed by atoms with Gasteiger partial charge in [-0.1, -0.05) is 55.4 Å². The lowest BCUT2D eigenvalue weighted by Gasteiger charge is -2.56. The summed E-state index contributed by atoms with van der Waals surface area (Å²) >= 11 is 15.4. The van der Waals surface area contributed by atoms with Crippen LogP contribution in [0.5, 0.6) is 0 Å². The van der Waals surface area contributed by atoms with Gasteiger partial charge in [0.25, 0.3) is 0 Å². The molecule has 24 heavy (non-hydrogen) atoms. The Hall–Kier alpha value is 0.854. The van der Waals surface area contributed by atoms with Crippen molar-refractivity contribution >= 4 is 36.6 Å². The Bertz CT molecular complexity index is 278. The van der Waals surface area contributed by atoms with Crippen LogP contribution in [-0.4, -0.2) is 85.1 Å². The summed E-state index contributed by atoms with van der Waals surface area (Å²) in [6, 6.07) is 0. The second kappa shape index (κ2) is 11.5. The number of nitrogens with zero attached hydrogens (tertiary/aromatic N) is 4. The highest BCUT2D eigenvalue weighted by atomic mass is 35.6. The smallest absolute Gasteiger partial charge is 0.300 e. The number of rotatable bonds is 13. The summed E-state index contributed by atoms with van der Waals surface area (Å²) < 4.78 is 9.99. The molecule has 8 heteroatoms. The molecule has 4 nitrogen and oxygen atoms in total. The Labute approximate surface area is 162 Å². The van der Waals surface area contributed by atoms with Crippen molar-refractivity contribution in [2.75, 3.05) is 52.4 Å². The van der Waals surface area contributed by atoms with E-state index in [2.05, 4.69) is 73.7 Å².